The fourth-order valence-corrected chi connectivity index (χ4v) is 4.06. The van der Waals surface area contributed by atoms with Gasteiger partial charge in [-0.3, -0.25) is 0 Å². The minimum absolute atomic E-state index is 0. The molecular weight excluding hydrogens is 343 g/mol. The van der Waals surface area contributed by atoms with E-state index in [1.54, 1.807) is 6.07 Å². The average Bonchev–Trinajstić information content (AvgIpc) is 2.54. The molecule has 2 rings (SSSR count). The molecule has 0 unspecified atom stereocenters. The van der Waals surface area contributed by atoms with Crippen LogP contribution in [0.5, 0.6) is 0 Å². The minimum atomic E-state index is -4.45. The Labute approximate surface area is 174 Å². The van der Waals surface area contributed by atoms with Gasteiger partial charge in [-0.05, 0) is 53.6 Å². The normalized spacial score (nSPS) is 11.5. The van der Waals surface area contributed by atoms with Gasteiger partial charge < -0.3 is 4.55 Å². The van der Waals surface area contributed by atoms with E-state index in [4.69, 9.17) is 0 Å². The number of aryl methyl sites for hydroxylation is 2. The maximum absolute atomic E-state index is 11.7. The fourth-order valence-electron chi connectivity index (χ4n) is 3.32. The smallest absolute Gasteiger partial charge is 0.744 e. The van der Waals surface area contributed by atoms with Gasteiger partial charge in [0, 0.05) is 0 Å². The Morgan fingerprint density at radius 3 is 2.12 bits per heavy atom. The van der Waals surface area contributed by atoms with Crippen LogP contribution >= 0.6 is 0 Å². The molecule has 0 bridgehead atoms. The predicted molar refractivity (Wildman–Crippen MR) is 98.4 cm³/mol. The summed E-state index contributed by atoms with van der Waals surface area (Å²) in [5, 5.41) is 2.02. The minimum Gasteiger partial charge on any atom is -0.744 e. The van der Waals surface area contributed by atoms with Gasteiger partial charge in [0.1, 0.15) is 10.1 Å². The molecule has 0 aliphatic rings. The third kappa shape index (κ3) is 6.07. The van der Waals surface area contributed by atoms with Crippen LogP contribution in [-0.4, -0.2) is 13.0 Å². The monoisotopic (exact) mass is 370 g/mol. The SMILES string of the molecule is CCCCCc1cccc2ccc(S(=O)(=O)[O-])c(CCCCC)c12.[Na+]. The first-order valence-electron chi connectivity index (χ1n) is 8.98. The van der Waals surface area contributed by atoms with Crippen molar-refractivity contribution in [2.45, 2.75) is 70.1 Å². The van der Waals surface area contributed by atoms with Gasteiger partial charge in [0.15, 0.2) is 0 Å². The van der Waals surface area contributed by atoms with Crippen molar-refractivity contribution in [1.29, 1.82) is 0 Å². The van der Waals surface area contributed by atoms with E-state index in [0.29, 0.717) is 6.42 Å². The van der Waals surface area contributed by atoms with Crippen molar-refractivity contribution in [1.82, 2.24) is 0 Å². The molecule has 0 radical (unpaired) electrons. The van der Waals surface area contributed by atoms with Gasteiger partial charge in [-0.25, -0.2) is 8.42 Å². The third-order valence-electron chi connectivity index (χ3n) is 4.55. The average molecular weight is 370 g/mol. The zero-order chi connectivity index (χ0) is 17.6. The van der Waals surface area contributed by atoms with Gasteiger partial charge in [-0.15, -0.1) is 0 Å². The molecule has 0 aliphatic heterocycles. The van der Waals surface area contributed by atoms with E-state index < -0.39 is 10.1 Å². The Balaban J connectivity index is 0.00000312. The molecule has 0 atom stereocenters. The van der Waals surface area contributed by atoms with Crippen molar-refractivity contribution in [3.05, 3.63) is 41.5 Å². The summed E-state index contributed by atoms with van der Waals surface area (Å²) in [6.45, 7) is 4.28. The molecule has 0 saturated carbocycles. The first-order chi connectivity index (χ1) is 11.5. The quantitative estimate of drug-likeness (QED) is 0.386. The van der Waals surface area contributed by atoms with E-state index in [1.165, 1.54) is 6.07 Å². The van der Waals surface area contributed by atoms with Crippen LogP contribution in [0.1, 0.15) is 63.5 Å². The first-order valence-corrected chi connectivity index (χ1v) is 10.4. The molecule has 0 amide bonds. The van der Waals surface area contributed by atoms with E-state index >= 15 is 0 Å². The Hall–Kier alpha value is -0.390. The van der Waals surface area contributed by atoms with Crippen molar-refractivity contribution in [3.63, 3.8) is 0 Å². The molecule has 0 N–H and O–H groups in total. The summed E-state index contributed by atoms with van der Waals surface area (Å²) in [6.07, 6.45) is 7.95. The Kier molecular flexibility index (Phi) is 9.68. The number of fused-ring (bicyclic) bond motifs is 1. The molecule has 2 aromatic rings. The maximum atomic E-state index is 11.7. The standard InChI is InChI=1S/C20H28O3S.Na/c1-3-5-7-10-16-11-9-12-17-14-15-19(24(21,22)23)18(20(16)17)13-8-6-4-2;/h9,11-12,14-15H,3-8,10,13H2,1-2H3,(H,21,22,23);/q;+1/p-1. The van der Waals surface area contributed by atoms with Gasteiger partial charge in [-0.2, -0.15) is 0 Å². The largest absolute Gasteiger partial charge is 1.00 e. The van der Waals surface area contributed by atoms with Crippen LogP contribution < -0.4 is 29.6 Å². The molecule has 0 spiro atoms. The number of rotatable bonds is 9. The van der Waals surface area contributed by atoms with E-state index in [-0.39, 0.29) is 34.5 Å². The summed E-state index contributed by atoms with van der Waals surface area (Å²) in [4.78, 5) is -0.0333. The third-order valence-corrected chi connectivity index (χ3v) is 5.47. The second-order valence-electron chi connectivity index (χ2n) is 6.43. The van der Waals surface area contributed by atoms with Crippen LogP contribution in [0.15, 0.2) is 35.2 Å². The topological polar surface area (TPSA) is 57.2 Å². The van der Waals surface area contributed by atoms with Gasteiger partial charge in [0.05, 0.1) is 4.90 Å². The number of hydrogen-bond donors (Lipinski definition) is 0. The van der Waals surface area contributed by atoms with Crippen molar-refractivity contribution >= 4 is 20.9 Å². The number of hydrogen-bond acceptors (Lipinski definition) is 3. The zero-order valence-corrected chi connectivity index (χ0v) is 18.5. The van der Waals surface area contributed by atoms with Crippen LogP contribution in [0.2, 0.25) is 0 Å². The Morgan fingerprint density at radius 1 is 0.880 bits per heavy atom. The second kappa shape index (κ2) is 10.7. The first kappa shape index (κ1) is 22.7. The van der Waals surface area contributed by atoms with Crippen LogP contribution in [0.3, 0.4) is 0 Å². The van der Waals surface area contributed by atoms with Crippen molar-refractivity contribution < 1.29 is 42.5 Å². The summed E-state index contributed by atoms with van der Waals surface area (Å²) in [7, 11) is -4.45. The summed E-state index contributed by atoms with van der Waals surface area (Å²) in [6, 6.07) is 9.35. The Bertz CT molecular complexity index is 785. The Morgan fingerprint density at radius 2 is 1.52 bits per heavy atom. The maximum Gasteiger partial charge on any atom is 1.00 e. The molecule has 0 aromatic heterocycles. The van der Waals surface area contributed by atoms with Gasteiger partial charge >= 0.3 is 29.6 Å². The molecule has 0 aliphatic carbocycles. The van der Waals surface area contributed by atoms with E-state index in [9.17, 15) is 13.0 Å². The number of unbranched alkanes of at least 4 members (excludes halogenated alkanes) is 4. The molecular formula is C20H27NaO3S. The van der Waals surface area contributed by atoms with Crippen molar-refractivity contribution in [3.8, 4) is 0 Å². The molecule has 25 heavy (non-hydrogen) atoms. The van der Waals surface area contributed by atoms with Crippen LogP contribution in [0.4, 0.5) is 0 Å². The molecule has 3 nitrogen and oxygen atoms in total. The van der Waals surface area contributed by atoms with E-state index in [2.05, 4.69) is 19.9 Å². The predicted octanol–water partition coefficient (Wildman–Crippen LogP) is 2.21. The van der Waals surface area contributed by atoms with Crippen LogP contribution in [0.25, 0.3) is 10.8 Å². The molecule has 0 heterocycles. The molecule has 132 valence electrons. The molecule has 2 aromatic carbocycles. The summed E-state index contributed by atoms with van der Waals surface area (Å²) in [5.74, 6) is 0. The van der Waals surface area contributed by atoms with Gasteiger partial charge in [-0.1, -0.05) is 63.8 Å². The van der Waals surface area contributed by atoms with Crippen molar-refractivity contribution in [2.24, 2.45) is 0 Å². The summed E-state index contributed by atoms with van der Waals surface area (Å²) < 4.78 is 35.2. The number of benzene rings is 2. The summed E-state index contributed by atoms with van der Waals surface area (Å²) in [5.41, 5.74) is 1.89. The van der Waals surface area contributed by atoms with E-state index in [0.717, 1.165) is 66.8 Å². The van der Waals surface area contributed by atoms with Crippen LogP contribution in [0, 0.1) is 0 Å². The van der Waals surface area contributed by atoms with Gasteiger partial charge in [0.25, 0.3) is 0 Å². The second-order valence-corrected chi connectivity index (χ2v) is 7.77. The van der Waals surface area contributed by atoms with Crippen LogP contribution in [-0.2, 0) is 23.0 Å². The summed E-state index contributed by atoms with van der Waals surface area (Å²) >= 11 is 0. The molecule has 0 saturated heterocycles. The molecule has 5 heteroatoms. The zero-order valence-electron chi connectivity index (χ0n) is 15.7. The fraction of sp³-hybridized carbons (Fsp3) is 0.500. The van der Waals surface area contributed by atoms with Gasteiger partial charge in [0.2, 0.25) is 0 Å². The molecule has 0 fully saturated rings. The van der Waals surface area contributed by atoms with E-state index in [1.807, 2.05) is 12.1 Å². The van der Waals surface area contributed by atoms with Crippen molar-refractivity contribution in [2.75, 3.05) is 0 Å².